The Morgan fingerprint density at radius 3 is 1.88 bits per heavy atom. The first kappa shape index (κ1) is 14.1. The normalized spacial score (nSPS) is 19.3. The molecule has 0 bridgehead atoms. The monoisotopic (exact) mass is 254 g/mol. The summed E-state index contributed by atoms with van der Waals surface area (Å²) in [5, 5.41) is 0. The minimum Gasteiger partial charge on any atom is -0.444 e. The fourth-order valence-corrected chi connectivity index (χ4v) is 1.47. The molecule has 0 radical (unpaired) electrons. The van der Waals surface area contributed by atoms with Crippen LogP contribution in [0, 0.1) is 0 Å². The van der Waals surface area contributed by atoms with Crippen molar-refractivity contribution in [2.45, 2.75) is 32.7 Å². The zero-order valence-corrected chi connectivity index (χ0v) is 10.2. The lowest BCUT2D eigenvalue weighted by molar-refractivity contribution is -0.251. The lowest BCUT2D eigenvalue weighted by Gasteiger charge is -2.36. The van der Waals surface area contributed by atoms with Crippen molar-refractivity contribution in [3.8, 4) is 0 Å². The molecule has 4 nitrogen and oxygen atoms in total. The third-order valence-corrected chi connectivity index (χ3v) is 2.29. The Kier molecular flexibility index (Phi) is 3.91. The number of rotatable bonds is 0. The smallest absolute Gasteiger partial charge is 0.444 e. The average Bonchev–Trinajstić information content (AvgIpc) is 2.14. The molecule has 1 saturated heterocycles. The topological polar surface area (TPSA) is 32.8 Å². The zero-order chi connectivity index (χ0) is 13.3. The van der Waals surface area contributed by atoms with Crippen molar-refractivity contribution in [1.29, 1.82) is 0 Å². The molecule has 0 N–H and O–H groups in total. The first-order chi connectivity index (χ1) is 7.59. The van der Waals surface area contributed by atoms with Crippen molar-refractivity contribution in [3.63, 3.8) is 0 Å². The molecule has 1 rings (SSSR count). The minimum atomic E-state index is -4.32. The molecule has 0 unspecified atom stereocenters. The molecule has 0 atom stereocenters. The van der Waals surface area contributed by atoms with Crippen molar-refractivity contribution in [1.82, 2.24) is 9.80 Å². The predicted molar refractivity (Wildman–Crippen MR) is 55.4 cm³/mol. The molecule has 0 aromatic heterocycles. The second-order valence-electron chi connectivity index (χ2n) is 4.92. The Labute approximate surface area is 98.3 Å². The highest BCUT2D eigenvalue weighted by atomic mass is 19.4. The maximum atomic E-state index is 12.3. The Morgan fingerprint density at radius 2 is 1.53 bits per heavy atom. The second-order valence-corrected chi connectivity index (χ2v) is 4.92. The summed E-state index contributed by atoms with van der Waals surface area (Å²) in [6.07, 6.45) is -4.88. The first-order valence-corrected chi connectivity index (χ1v) is 5.39. The summed E-state index contributed by atoms with van der Waals surface area (Å²) in [5.41, 5.74) is -0.627. The summed E-state index contributed by atoms with van der Waals surface area (Å²) in [6.45, 7) is 4.82. The lowest BCUT2D eigenvalue weighted by Crippen LogP contribution is -2.54. The van der Waals surface area contributed by atoms with E-state index in [0.717, 1.165) is 0 Å². The summed E-state index contributed by atoms with van der Waals surface area (Å²) in [5.74, 6) is 0. The molecular formula is C10H17F3N2O2. The molecule has 1 heterocycles. The lowest BCUT2D eigenvalue weighted by atomic mass is 10.2. The molecule has 0 aromatic rings. The molecule has 0 aromatic carbocycles. The summed E-state index contributed by atoms with van der Waals surface area (Å²) in [6, 6.07) is 0. The van der Waals surface area contributed by atoms with E-state index in [0.29, 0.717) is 4.90 Å². The standard InChI is InChI=1S/C10H17F3N2O2/c1-9(2,3)17-8(16)14-4-6-15(7-5-14)10(11,12)13/h4-7H2,1-3H3. The summed E-state index contributed by atoms with van der Waals surface area (Å²) < 4.78 is 42.1. The molecule has 0 spiro atoms. The van der Waals surface area contributed by atoms with Gasteiger partial charge < -0.3 is 9.64 Å². The van der Waals surface area contributed by atoms with Crippen molar-refractivity contribution in [2.75, 3.05) is 26.2 Å². The number of hydrogen-bond acceptors (Lipinski definition) is 3. The van der Waals surface area contributed by atoms with Crippen LogP contribution in [0.1, 0.15) is 20.8 Å². The van der Waals surface area contributed by atoms with E-state index in [-0.39, 0.29) is 26.2 Å². The molecule has 1 aliphatic heterocycles. The van der Waals surface area contributed by atoms with Gasteiger partial charge in [-0.3, -0.25) is 0 Å². The van der Waals surface area contributed by atoms with E-state index >= 15 is 0 Å². The number of ether oxygens (including phenoxy) is 1. The Bertz CT molecular complexity index is 278. The van der Waals surface area contributed by atoms with Gasteiger partial charge in [0.15, 0.2) is 0 Å². The van der Waals surface area contributed by atoms with Crippen LogP contribution in [-0.4, -0.2) is 54.0 Å². The van der Waals surface area contributed by atoms with Crippen LogP contribution in [0.3, 0.4) is 0 Å². The molecule has 100 valence electrons. The van der Waals surface area contributed by atoms with Crippen molar-refractivity contribution in [2.24, 2.45) is 0 Å². The fraction of sp³-hybridized carbons (Fsp3) is 0.900. The predicted octanol–water partition coefficient (Wildman–Crippen LogP) is 2.06. The molecule has 7 heteroatoms. The minimum absolute atomic E-state index is 0.0361. The van der Waals surface area contributed by atoms with Gasteiger partial charge in [-0.15, -0.1) is 0 Å². The summed E-state index contributed by atoms with van der Waals surface area (Å²) in [7, 11) is 0. The largest absolute Gasteiger partial charge is 0.460 e. The number of halogens is 3. The van der Waals surface area contributed by atoms with Gasteiger partial charge in [0.1, 0.15) is 5.60 Å². The van der Waals surface area contributed by atoms with Gasteiger partial charge in [0.2, 0.25) is 0 Å². The third-order valence-electron chi connectivity index (χ3n) is 2.29. The van der Waals surface area contributed by atoms with E-state index in [2.05, 4.69) is 0 Å². The molecule has 1 aliphatic rings. The summed E-state index contributed by atoms with van der Waals surface area (Å²) in [4.78, 5) is 13.3. The fourth-order valence-electron chi connectivity index (χ4n) is 1.47. The highest BCUT2D eigenvalue weighted by Crippen LogP contribution is 2.23. The number of carbonyl (C=O) groups is 1. The third kappa shape index (κ3) is 4.41. The van der Waals surface area contributed by atoms with Gasteiger partial charge in [0.05, 0.1) is 0 Å². The number of hydrogen-bond donors (Lipinski definition) is 0. The number of carbonyl (C=O) groups excluding carboxylic acids is 1. The molecule has 17 heavy (non-hydrogen) atoms. The van der Waals surface area contributed by atoms with Gasteiger partial charge in [-0.25, -0.2) is 9.69 Å². The summed E-state index contributed by atoms with van der Waals surface area (Å²) >= 11 is 0. The van der Waals surface area contributed by atoms with Crippen LogP contribution in [-0.2, 0) is 4.74 Å². The molecule has 0 aliphatic carbocycles. The van der Waals surface area contributed by atoms with Gasteiger partial charge >= 0.3 is 12.4 Å². The maximum absolute atomic E-state index is 12.3. The molecule has 1 amide bonds. The maximum Gasteiger partial charge on any atom is 0.460 e. The van der Waals surface area contributed by atoms with Crippen molar-refractivity contribution >= 4 is 6.09 Å². The number of nitrogens with zero attached hydrogens (tertiary/aromatic N) is 2. The number of piperazine rings is 1. The van der Waals surface area contributed by atoms with Gasteiger partial charge in [0, 0.05) is 26.2 Å². The SMILES string of the molecule is CC(C)(C)OC(=O)N1CCN(C(F)(F)F)CC1. The van der Waals surface area contributed by atoms with Crippen LogP contribution in [0.2, 0.25) is 0 Å². The first-order valence-electron chi connectivity index (χ1n) is 5.39. The Morgan fingerprint density at radius 1 is 1.06 bits per heavy atom. The van der Waals surface area contributed by atoms with Crippen molar-refractivity contribution in [3.05, 3.63) is 0 Å². The van der Waals surface area contributed by atoms with Crippen LogP contribution in [0.15, 0.2) is 0 Å². The second kappa shape index (κ2) is 4.72. The molecular weight excluding hydrogens is 237 g/mol. The van der Waals surface area contributed by atoms with E-state index in [9.17, 15) is 18.0 Å². The quantitative estimate of drug-likeness (QED) is 0.620. The van der Waals surface area contributed by atoms with Crippen LogP contribution < -0.4 is 0 Å². The average molecular weight is 254 g/mol. The van der Waals surface area contributed by atoms with E-state index in [4.69, 9.17) is 4.74 Å². The number of alkyl halides is 3. The van der Waals surface area contributed by atoms with Gasteiger partial charge in [-0.05, 0) is 20.8 Å². The van der Waals surface area contributed by atoms with Gasteiger partial charge in [0.25, 0.3) is 0 Å². The van der Waals surface area contributed by atoms with Gasteiger partial charge in [-0.1, -0.05) is 0 Å². The Balaban J connectivity index is 2.45. The highest BCUT2D eigenvalue weighted by Gasteiger charge is 2.40. The van der Waals surface area contributed by atoms with Crippen LogP contribution >= 0.6 is 0 Å². The number of amides is 1. The molecule has 1 fully saturated rings. The Hall–Kier alpha value is -0.980. The van der Waals surface area contributed by atoms with E-state index in [1.807, 2.05) is 0 Å². The zero-order valence-electron chi connectivity index (χ0n) is 10.2. The van der Waals surface area contributed by atoms with E-state index < -0.39 is 18.0 Å². The van der Waals surface area contributed by atoms with Crippen molar-refractivity contribution < 1.29 is 22.7 Å². The van der Waals surface area contributed by atoms with Gasteiger partial charge in [-0.2, -0.15) is 13.2 Å². The van der Waals surface area contributed by atoms with Crippen LogP contribution in [0.25, 0.3) is 0 Å². The van der Waals surface area contributed by atoms with Crippen LogP contribution in [0.4, 0.5) is 18.0 Å². The highest BCUT2D eigenvalue weighted by molar-refractivity contribution is 5.68. The molecule has 0 saturated carbocycles. The van der Waals surface area contributed by atoms with E-state index in [1.165, 1.54) is 4.90 Å². The van der Waals surface area contributed by atoms with E-state index in [1.54, 1.807) is 20.8 Å². The van der Waals surface area contributed by atoms with Crippen LogP contribution in [0.5, 0.6) is 0 Å².